The fraction of sp³-hybridized carbons (Fsp3) is 0.467. The van der Waals surface area contributed by atoms with Crippen molar-refractivity contribution in [2.45, 2.75) is 32.3 Å². The zero-order valence-corrected chi connectivity index (χ0v) is 11.8. The van der Waals surface area contributed by atoms with E-state index in [0.717, 1.165) is 6.42 Å². The molecular weight excluding hydrogens is 244 g/mol. The first-order valence-electron chi connectivity index (χ1n) is 6.28. The molecule has 0 bridgehead atoms. The highest BCUT2D eigenvalue weighted by molar-refractivity contribution is 5.91. The van der Waals surface area contributed by atoms with Gasteiger partial charge >= 0.3 is 5.97 Å². The number of rotatable bonds is 9. The minimum absolute atomic E-state index is 0.0950. The van der Waals surface area contributed by atoms with Crippen molar-refractivity contribution in [1.29, 1.82) is 0 Å². The van der Waals surface area contributed by atoms with Gasteiger partial charge in [-0.05, 0) is 12.5 Å². The smallest absolute Gasteiger partial charge is 0.305 e. The summed E-state index contributed by atoms with van der Waals surface area (Å²) in [6.45, 7) is 2.04. The molecule has 0 aliphatic heterocycles. The lowest BCUT2D eigenvalue weighted by atomic mass is 10.2. The number of methoxy groups -OCH3 is 2. The van der Waals surface area contributed by atoms with Crippen LogP contribution < -0.4 is 0 Å². The second-order valence-electron chi connectivity index (χ2n) is 3.85. The average Bonchev–Trinajstić information content (AvgIpc) is 2.44. The van der Waals surface area contributed by atoms with E-state index in [1.165, 1.54) is 13.2 Å². The summed E-state index contributed by atoms with van der Waals surface area (Å²) >= 11 is 0. The molecule has 0 aromatic heterocycles. The van der Waals surface area contributed by atoms with Crippen LogP contribution in [0.2, 0.25) is 0 Å². The van der Waals surface area contributed by atoms with Crippen LogP contribution in [-0.2, 0) is 19.1 Å². The highest BCUT2D eigenvalue weighted by Gasteiger charge is 2.02. The molecule has 0 aromatic carbocycles. The van der Waals surface area contributed by atoms with Gasteiger partial charge in [-0.1, -0.05) is 37.3 Å². The third-order valence-corrected chi connectivity index (χ3v) is 2.45. The van der Waals surface area contributed by atoms with Gasteiger partial charge < -0.3 is 9.47 Å². The van der Waals surface area contributed by atoms with Crippen LogP contribution >= 0.6 is 0 Å². The monoisotopic (exact) mass is 266 g/mol. The topological polar surface area (TPSA) is 52.6 Å². The minimum atomic E-state index is -0.370. The summed E-state index contributed by atoms with van der Waals surface area (Å²) in [7, 11) is 2.98. The molecule has 0 aliphatic carbocycles. The molecule has 0 fully saturated rings. The van der Waals surface area contributed by atoms with E-state index in [9.17, 15) is 9.59 Å². The van der Waals surface area contributed by atoms with Crippen molar-refractivity contribution in [2.24, 2.45) is 0 Å². The minimum Gasteiger partial charge on any atom is -0.469 e. The molecule has 0 spiro atoms. The lowest BCUT2D eigenvalue weighted by molar-refractivity contribution is -0.141. The number of allylic oxidation sites excluding steroid dienone is 5. The number of carbonyl (C=O) groups is 2. The van der Waals surface area contributed by atoms with Crippen molar-refractivity contribution in [3.05, 3.63) is 36.5 Å². The van der Waals surface area contributed by atoms with E-state index in [4.69, 9.17) is 4.74 Å². The van der Waals surface area contributed by atoms with Crippen molar-refractivity contribution in [2.75, 3.05) is 14.2 Å². The van der Waals surface area contributed by atoms with E-state index in [0.29, 0.717) is 0 Å². The molecule has 0 amide bonds. The molecule has 0 N–H and O–H groups in total. The van der Waals surface area contributed by atoms with Crippen molar-refractivity contribution < 1.29 is 19.1 Å². The summed E-state index contributed by atoms with van der Waals surface area (Å²) in [4.78, 5) is 22.1. The number of ketones is 1. The molecule has 0 heterocycles. The van der Waals surface area contributed by atoms with Gasteiger partial charge in [0.15, 0.2) is 5.78 Å². The van der Waals surface area contributed by atoms with Gasteiger partial charge in [0.1, 0.15) is 0 Å². The van der Waals surface area contributed by atoms with Crippen molar-refractivity contribution in [1.82, 2.24) is 0 Å². The highest BCUT2D eigenvalue weighted by Crippen LogP contribution is 1.98. The quantitative estimate of drug-likeness (QED) is 0.366. The predicted octanol–water partition coefficient (Wildman–Crippen LogP) is 2.60. The molecule has 0 aromatic rings. The van der Waals surface area contributed by atoms with Crippen LogP contribution in [0.15, 0.2) is 36.5 Å². The maximum Gasteiger partial charge on any atom is 0.305 e. The van der Waals surface area contributed by atoms with Crippen LogP contribution in [0.1, 0.15) is 26.2 Å². The first kappa shape index (κ1) is 17.3. The molecule has 0 radical (unpaired) electrons. The van der Waals surface area contributed by atoms with E-state index in [1.54, 1.807) is 19.3 Å². The Kier molecular flexibility index (Phi) is 10.4. The Hall–Kier alpha value is -1.68. The maximum absolute atomic E-state index is 11.3. The van der Waals surface area contributed by atoms with Gasteiger partial charge in [-0.15, -0.1) is 0 Å². The molecule has 106 valence electrons. The average molecular weight is 266 g/mol. The second-order valence-corrected chi connectivity index (χ2v) is 3.85. The van der Waals surface area contributed by atoms with E-state index in [1.807, 2.05) is 25.2 Å². The molecule has 1 atom stereocenters. The van der Waals surface area contributed by atoms with Crippen molar-refractivity contribution in [3.63, 3.8) is 0 Å². The van der Waals surface area contributed by atoms with Crippen LogP contribution in [0.5, 0.6) is 0 Å². The summed E-state index contributed by atoms with van der Waals surface area (Å²) in [6.07, 6.45) is 11.8. The Morgan fingerprint density at radius 2 is 1.74 bits per heavy atom. The predicted molar refractivity (Wildman–Crippen MR) is 74.8 cm³/mol. The summed E-state index contributed by atoms with van der Waals surface area (Å²) in [5.41, 5.74) is 0. The van der Waals surface area contributed by atoms with E-state index in [2.05, 4.69) is 4.74 Å². The molecular formula is C15H22O4. The second kappa shape index (κ2) is 11.4. The highest BCUT2D eigenvalue weighted by atomic mass is 16.5. The lowest BCUT2D eigenvalue weighted by Gasteiger charge is -2.04. The van der Waals surface area contributed by atoms with Gasteiger partial charge in [0.05, 0.1) is 19.6 Å². The van der Waals surface area contributed by atoms with E-state index < -0.39 is 0 Å². The molecule has 1 unspecified atom stereocenters. The molecule has 0 aliphatic rings. The number of ether oxygens (including phenoxy) is 2. The zero-order chi connectivity index (χ0) is 14.5. The van der Waals surface area contributed by atoms with Gasteiger partial charge in [-0.3, -0.25) is 9.59 Å². The Labute approximate surface area is 114 Å². The van der Waals surface area contributed by atoms with Crippen LogP contribution in [0.4, 0.5) is 0 Å². The Balaban J connectivity index is 3.94. The van der Waals surface area contributed by atoms with Gasteiger partial charge in [0.25, 0.3) is 0 Å². The van der Waals surface area contributed by atoms with Crippen LogP contribution in [0.3, 0.4) is 0 Å². The standard InChI is InChI=1S/C15H22O4/c1-4-14(18-2)10-8-6-5-7-9-13(16)11-12-15(17)19-3/h5-10,14H,4,11-12H2,1-3H3. The maximum atomic E-state index is 11.3. The molecule has 19 heavy (non-hydrogen) atoms. The van der Waals surface area contributed by atoms with E-state index in [-0.39, 0.29) is 30.7 Å². The number of carbonyl (C=O) groups excluding carboxylic acids is 2. The van der Waals surface area contributed by atoms with Crippen molar-refractivity contribution in [3.8, 4) is 0 Å². The fourth-order valence-electron chi connectivity index (χ4n) is 1.27. The summed E-state index contributed by atoms with van der Waals surface area (Å²) in [5.74, 6) is -0.465. The van der Waals surface area contributed by atoms with Crippen molar-refractivity contribution >= 4 is 11.8 Å². The van der Waals surface area contributed by atoms with E-state index >= 15 is 0 Å². The first-order chi connectivity index (χ1) is 9.13. The normalized spacial score (nSPS) is 13.4. The third kappa shape index (κ3) is 9.97. The van der Waals surface area contributed by atoms with Gasteiger partial charge in [0, 0.05) is 13.5 Å². The summed E-state index contributed by atoms with van der Waals surface area (Å²) in [6, 6.07) is 0. The number of hydrogen-bond acceptors (Lipinski definition) is 4. The SMILES string of the molecule is CCC(C=CC=CC=CC(=O)CCC(=O)OC)OC. The number of esters is 1. The van der Waals surface area contributed by atoms with Gasteiger partial charge in [0.2, 0.25) is 0 Å². The van der Waals surface area contributed by atoms with Crippen LogP contribution in [-0.4, -0.2) is 32.1 Å². The molecule has 4 heteroatoms. The molecule has 0 saturated carbocycles. The van der Waals surface area contributed by atoms with Crippen LogP contribution in [0.25, 0.3) is 0 Å². The van der Waals surface area contributed by atoms with Gasteiger partial charge in [-0.25, -0.2) is 0 Å². The van der Waals surface area contributed by atoms with Gasteiger partial charge in [-0.2, -0.15) is 0 Å². The third-order valence-electron chi connectivity index (χ3n) is 2.45. The summed E-state index contributed by atoms with van der Waals surface area (Å²) in [5, 5.41) is 0. The largest absolute Gasteiger partial charge is 0.469 e. The summed E-state index contributed by atoms with van der Waals surface area (Å²) < 4.78 is 9.62. The zero-order valence-electron chi connectivity index (χ0n) is 11.8. The Morgan fingerprint density at radius 3 is 2.32 bits per heavy atom. The van der Waals surface area contributed by atoms with Crippen LogP contribution in [0, 0.1) is 0 Å². The fourth-order valence-corrected chi connectivity index (χ4v) is 1.27. The molecule has 0 saturated heterocycles. The first-order valence-corrected chi connectivity index (χ1v) is 6.28. The Bertz CT molecular complexity index is 349. The lowest BCUT2D eigenvalue weighted by Crippen LogP contribution is -2.03. The Morgan fingerprint density at radius 1 is 1.05 bits per heavy atom. The molecule has 4 nitrogen and oxygen atoms in total. The molecule has 0 rings (SSSR count). The number of hydrogen-bond donors (Lipinski definition) is 0.